The summed E-state index contributed by atoms with van der Waals surface area (Å²) in [4.78, 5) is 0. The van der Waals surface area contributed by atoms with Crippen LogP contribution in [0.5, 0.6) is 0 Å². The van der Waals surface area contributed by atoms with E-state index in [9.17, 15) is 0 Å². The SMILES string of the molecule is CCP(CC)CC.CCP(CC)CC.[Cl][W]. The molecule has 101 valence electrons. The summed E-state index contributed by atoms with van der Waals surface area (Å²) >= 11 is 1.06. The first-order chi connectivity index (χ1) is 7.69. The first-order valence-corrected chi connectivity index (χ1v) is 13.7. The third kappa shape index (κ3) is 18.2. The Morgan fingerprint density at radius 2 is 0.688 bits per heavy atom. The van der Waals surface area contributed by atoms with Crippen molar-refractivity contribution in [2.75, 3.05) is 37.0 Å². The number of hydrogen-bond donors (Lipinski definition) is 0. The molecule has 0 aliphatic carbocycles. The molecular weight excluding hydrogens is 425 g/mol. The minimum atomic E-state index is 0.446. The van der Waals surface area contributed by atoms with Crippen molar-refractivity contribution in [1.82, 2.24) is 0 Å². The summed E-state index contributed by atoms with van der Waals surface area (Å²) < 4.78 is 0. The van der Waals surface area contributed by atoms with Gasteiger partial charge in [-0.05, 0) is 37.0 Å². The van der Waals surface area contributed by atoms with Crippen LogP contribution in [-0.2, 0) is 18.8 Å². The Labute approximate surface area is 122 Å². The van der Waals surface area contributed by atoms with Crippen molar-refractivity contribution in [2.45, 2.75) is 41.5 Å². The van der Waals surface area contributed by atoms with Crippen LogP contribution in [0.25, 0.3) is 0 Å². The zero-order chi connectivity index (χ0) is 13.4. The van der Waals surface area contributed by atoms with Gasteiger partial charge in [0.15, 0.2) is 0 Å². The molecule has 0 aromatic heterocycles. The molecule has 0 fully saturated rings. The first kappa shape index (κ1) is 23.0. The maximum atomic E-state index is 4.72. The Bertz CT molecular complexity index is 74.0. The normalized spacial score (nSPS) is 9.31. The average Bonchev–Trinajstić information content (AvgIpc) is 2.37. The topological polar surface area (TPSA) is 0 Å². The summed E-state index contributed by atoms with van der Waals surface area (Å²) in [5.41, 5.74) is 0. The van der Waals surface area contributed by atoms with Crippen molar-refractivity contribution in [3.05, 3.63) is 0 Å². The van der Waals surface area contributed by atoms with Crippen molar-refractivity contribution in [2.24, 2.45) is 0 Å². The molecule has 0 aliphatic heterocycles. The quantitative estimate of drug-likeness (QED) is 0.448. The first-order valence-electron chi connectivity index (χ1n) is 6.29. The fourth-order valence-corrected chi connectivity index (χ4v) is 4.02. The third-order valence-corrected chi connectivity index (χ3v) is 8.05. The fraction of sp³-hybridized carbons (Fsp3) is 1.00. The van der Waals surface area contributed by atoms with Gasteiger partial charge < -0.3 is 0 Å². The molecule has 0 spiro atoms. The van der Waals surface area contributed by atoms with E-state index in [0.29, 0.717) is 15.8 Å². The van der Waals surface area contributed by atoms with E-state index < -0.39 is 0 Å². The van der Waals surface area contributed by atoms with Crippen LogP contribution in [0.1, 0.15) is 41.5 Å². The van der Waals surface area contributed by atoms with Gasteiger partial charge in [0.2, 0.25) is 0 Å². The van der Waals surface area contributed by atoms with E-state index >= 15 is 0 Å². The number of rotatable bonds is 6. The van der Waals surface area contributed by atoms with Gasteiger partial charge in [-0.2, -0.15) is 0 Å². The predicted octanol–water partition coefficient (Wildman–Crippen LogP) is 5.74. The Morgan fingerprint density at radius 1 is 0.562 bits per heavy atom. The molecule has 0 saturated carbocycles. The summed E-state index contributed by atoms with van der Waals surface area (Å²) in [5, 5.41) is 0. The molecule has 0 bridgehead atoms. The van der Waals surface area contributed by atoms with Crippen LogP contribution in [0.2, 0.25) is 0 Å². The molecule has 0 saturated heterocycles. The van der Waals surface area contributed by atoms with Crippen LogP contribution in [0.3, 0.4) is 0 Å². The third-order valence-electron chi connectivity index (χ3n) is 2.68. The van der Waals surface area contributed by atoms with Crippen molar-refractivity contribution in [3.63, 3.8) is 0 Å². The Balaban J connectivity index is -0.000000183. The van der Waals surface area contributed by atoms with E-state index in [4.69, 9.17) is 9.42 Å². The zero-order valence-corrected chi connectivity index (χ0v) is 17.4. The molecule has 0 nitrogen and oxygen atoms in total. The molecule has 0 N–H and O–H groups in total. The average molecular weight is 456 g/mol. The molecule has 4 heteroatoms. The van der Waals surface area contributed by atoms with Gasteiger partial charge in [-0.15, -0.1) is 15.8 Å². The second-order valence-electron chi connectivity index (χ2n) is 3.24. The van der Waals surface area contributed by atoms with Crippen LogP contribution in [-0.4, -0.2) is 37.0 Å². The van der Waals surface area contributed by atoms with E-state index in [-0.39, 0.29) is 0 Å². The maximum absolute atomic E-state index is 4.72. The fourth-order valence-electron chi connectivity index (χ4n) is 1.34. The van der Waals surface area contributed by atoms with E-state index in [1.54, 1.807) is 0 Å². The van der Waals surface area contributed by atoms with Gasteiger partial charge in [-0.3, -0.25) is 0 Å². The van der Waals surface area contributed by atoms with E-state index in [2.05, 4.69) is 41.5 Å². The second-order valence-corrected chi connectivity index (χ2v) is 9.72. The molecule has 0 aromatic carbocycles. The van der Waals surface area contributed by atoms with E-state index in [1.165, 1.54) is 37.0 Å². The molecule has 0 aromatic rings. The van der Waals surface area contributed by atoms with E-state index in [1.807, 2.05) is 0 Å². The van der Waals surface area contributed by atoms with Crippen molar-refractivity contribution >= 4 is 25.3 Å². The van der Waals surface area contributed by atoms with Gasteiger partial charge in [0.25, 0.3) is 0 Å². The predicted molar refractivity (Wildman–Crippen MR) is 82.9 cm³/mol. The van der Waals surface area contributed by atoms with Gasteiger partial charge in [-0.1, -0.05) is 41.5 Å². The summed E-state index contributed by atoms with van der Waals surface area (Å²) in [6.07, 6.45) is 8.51. The van der Waals surface area contributed by atoms with Crippen molar-refractivity contribution in [1.29, 1.82) is 0 Å². The molecule has 0 amide bonds. The number of hydrogen-bond acceptors (Lipinski definition) is 0. The van der Waals surface area contributed by atoms with Gasteiger partial charge in [0, 0.05) is 0 Å². The second kappa shape index (κ2) is 22.1. The Hall–Kier alpha value is 1.84. The molecule has 0 atom stereocenters. The molecule has 0 rings (SSSR count). The van der Waals surface area contributed by atoms with Crippen molar-refractivity contribution in [3.8, 4) is 0 Å². The summed E-state index contributed by atoms with van der Waals surface area (Å²) in [7, 11) is 5.61. The zero-order valence-electron chi connectivity index (χ0n) is 11.9. The van der Waals surface area contributed by atoms with Crippen LogP contribution in [0.4, 0.5) is 0 Å². The molecular formula is C12H30ClP2W. The standard InChI is InChI=1S/2C6H15P.ClH.W/c2*1-4-7(5-2)6-3;;/h2*4-6H2,1-3H3;1H;/q;;;+1/p-1. The molecule has 0 radical (unpaired) electrons. The molecule has 0 aliphatic rings. The molecule has 16 heavy (non-hydrogen) atoms. The Morgan fingerprint density at radius 3 is 0.688 bits per heavy atom. The van der Waals surface area contributed by atoms with Gasteiger partial charge >= 0.3 is 28.2 Å². The summed E-state index contributed by atoms with van der Waals surface area (Å²) in [6, 6.07) is 0. The molecule has 0 heterocycles. The molecule has 0 unspecified atom stereocenters. The van der Waals surface area contributed by atoms with Crippen LogP contribution in [0.15, 0.2) is 0 Å². The summed E-state index contributed by atoms with van der Waals surface area (Å²) in [6.45, 7) is 13.7. The van der Waals surface area contributed by atoms with Crippen LogP contribution >= 0.6 is 25.3 Å². The van der Waals surface area contributed by atoms with Gasteiger partial charge in [0.1, 0.15) is 0 Å². The van der Waals surface area contributed by atoms with Crippen LogP contribution in [0, 0.1) is 0 Å². The van der Waals surface area contributed by atoms with Gasteiger partial charge in [-0.25, -0.2) is 0 Å². The Kier molecular flexibility index (Phi) is 31.7. The number of halogens is 1. The van der Waals surface area contributed by atoms with Gasteiger partial charge in [0.05, 0.1) is 0 Å². The van der Waals surface area contributed by atoms with Crippen LogP contribution < -0.4 is 0 Å². The summed E-state index contributed by atoms with van der Waals surface area (Å²) in [5.74, 6) is 0. The minimum absolute atomic E-state index is 0.446. The van der Waals surface area contributed by atoms with Crippen molar-refractivity contribution < 1.29 is 18.8 Å². The van der Waals surface area contributed by atoms with E-state index in [0.717, 1.165) is 18.8 Å². The monoisotopic (exact) mass is 455 g/mol.